The Morgan fingerprint density at radius 2 is 0.679 bits per heavy atom. The fraction of sp³-hybridized carbons (Fsp3) is 0.952. The fourth-order valence-electron chi connectivity index (χ4n) is 8.78. The number of carbonyl (C=O) groups is 2. The molecule has 2 N–H and O–H groups in total. The Bertz CT molecular complexity index is 1010. The van der Waals surface area contributed by atoms with Crippen LogP contribution in [0.1, 0.15) is 141 Å². The number of amides is 2. The predicted octanol–water partition coefficient (Wildman–Crippen LogP) is 13.1. The lowest BCUT2D eigenvalue weighted by Crippen LogP contribution is -2.53. The van der Waals surface area contributed by atoms with Gasteiger partial charge in [0.1, 0.15) is 0 Å². The molecule has 1 fully saturated rings. The van der Waals surface area contributed by atoms with Crippen molar-refractivity contribution in [3.05, 3.63) is 0 Å². The number of carbonyl (C=O) groups excluding carboxylic acids is 2. The zero-order valence-corrected chi connectivity index (χ0v) is 45.6. The first-order valence-electron chi connectivity index (χ1n) is 23.2. The summed E-state index contributed by atoms with van der Waals surface area (Å²) in [6, 6.07) is 2.58. The van der Waals surface area contributed by atoms with E-state index in [2.05, 4.69) is 102 Å². The summed E-state index contributed by atoms with van der Waals surface area (Å²) >= 11 is 0. The van der Waals surface area contributed by atoms with Crippen LogP contribution in [0.4, 0.5) is 0 Å². The van der Waals surface area contributed by atoms with Crippen LogP contribution in [-0.4, -0.2) is 74.3 Å². The van der Waals surface area contributed by atoms with Gasteiger partial charge in [-0.25, -0.2) is 0 Å². The summed E-state index contributed by atoms with van der Waals surface area (Å²) in [6.45, 7) is 31.8. The molecule has 0 radical (unpaired) electrons. The molecule has 0 aromatic carbocycles. The highest BCUT2D eigenvalue weighted by molar-refractivity contribution is 6.88. The lowest BCUT2D eigenvalue weighted by molar-refractivity contribution is -0.125. The molecule has 8 nitrogen and oxygen atoms in total. The molecular formula is C42H94N2O6Si6. The minimum Gasteiger partial charge on any atom is -0.437 e. The van der Waals surface area contributed by atoms with E-state index in [0.29, 0.717) is 12.8 Å². The van der Waals surface area contributed by atoms with Gasteiger partial charge in [0.25, 0.3) is 0 Å². The van der Waals surface area contributed by atoms with E-state index in [9.17, 15) is 9.59 Å². The quantitative estimate of drug-likeness (QED) is 0.0516. The van der Waals surface area contributed by atoms with Crippen molar-refractivity contribution in [2.45, 2.75) is 257 Å². The smallest absolute Gasteiger partial charge is 0.311 e. The summed E-state index contributed by atoms with van der Waals surface area (Å²) in [5.41, 5.74) is 0. The SMILES string of the molecule is C[Si](C)(C)O[Si](C)(C)O[Si](C)(C)CCCCCCCCCCC(=O)NC1CCCCC1NC(=O)CCCCCCCCCC[Si](C)(C)O[Si](C)(C)O[Si](C)(C)C. The topological polar surface area (TPSA) is 95.1 Å². The second kappa shape index (κ2) is 26.4. The van der Waals surface area contributed by atoms with Gasteiger partial charge in [-0.1, -0.05) is 103 Å². The molecule has 1 rings (SSSR count). The zero-order chi connectivity index (χ0) is 42.5. The van der Waals surface area contributed by atoms with E-state index >= 15 is 0 Å². The van der Waals surface area contributed by atoms with Crippen LogP contribution in [0.5, 0.6) is 0 Å². The standard InChI is InChI=1S/C42H94N2O6Si6/c1-51(2,3)47-55(11,12)49-53(7,8)37-31-25-21-17-15-19-23-27-35-41(45)43-39-33-29-30-34-40(39)44-42(46)36-28-24-20-16-18-22-26-32-38-54(9,10)50-56(13,14)48-52(4,5)6/h39-40H,15-38H2,1-14H3,(H,43,45)(H,44,46). The highest BCUT2D eigenvalue weighted by Gasteiger charge is 2.39. The van der Waals surface area contributed by atoms with Crippen LogP contribution in [0.2, 0.25) is 104 Å². The molecule has 0 heterocycles. The maximum Gasteiger partial charge on any atom is 0.311 e. The van der Waals surface area contributed by atoms with E-state index in [1.54, 1.807) is 0 Å². The molecule has 1 saturated carbocycles. The highest BCUT2D eigenvalue weighted by Crippen LogP contribution is 2.27. The van der Waals surface area contributed by atoms with E-state index in [4.69, 9.17) is 16.5 Å². The highest BCUT2D eigenvalue weighted by atomic mass is 28.5. The van der Waals surface area contributed by atoms with Crippen LogP contribution in [0.15, 0.2) is 0 Å². The summed E-state index contributed by atoms with van der Waals surface area (Å²) in [6.07, 6.45) is 24.7. The molecule has 14 heteroatoms. The number of hydrogen-bond acceptors (Lipinski definition) is 6. The first kappa shape index (κ1) is 54.1. The number of unbranched alkanes of at least 4 members (excludes halogenated alkanes) is 14. The van der Waals surface area contributed by atoms with Gasteiger partial charge in [-0.15, -0.1) is 0 Å². The lowest BCUT2D eigenvalue weighted by Gasteiger charge is -2.37. The van der Waals surface area contributed by atoms with Crippen LogP contribution < -0.4 is 10.6 Å². The first-order chi connectivity index (χ1) is 25.8. The van der Waals surface area contributed by atoms with Gasteiger partial charge < -0.3 is 27.1 Å². The molecule has 1 aliphatic rings. The molecule has 332 valence electrons. The number of hydrogen-bond donors (Lipinski definition) is 2. The lowest BCUT2D eigenvalue weighted by atomic mass is 9.90. The van der Waals surface area contributed by atoms with Gasteiger partial charge in [0, 0.05) is 24.9 Å². The van der Waals surface area contributed by atoms with Crippen molar-refractivity contribution in [3.63, 3.8) is 0 Å². The molecule has 1 aliphatic carbocycles. The third-order valence-electron chi connectivity index (χ3n) is 10.5. The zero-order valence-electron chi connectivity index (χ0n) is 39.6. The Morgan fingerprint density at radius 1 is 0.411 bits per heavy atom. The summed E-state index contributed by atoms with van der Waals surface area (Å²) in [5.74, 6) is 0.312. The second-order valence-corrected chi connectivity index (χ2v) is 46.6. The minimum atomic E-state index is -2.05. The molecule has 0 saturated heterocycles. The fourth-order valence-corrected chi connectivity index (χ4v) is 35.3. The van der Waals surface area contributed by atoms with Crippen molar-refractivity contribution in [2.75, 3.05) is 0 Å². The van der Waals surface area contributed by atoms with Crippen molar-refractivity contribution < 1.29 is 26.0 Å². The van der Waals surface area contributed by atoms with E-state index in [1.165, 1.54) is 89.1 Å². The molecule has 56 heavy (non-hydrogen) atoms. The Morgan fingerprint density at radius 3 is 0.964 bits per heavy atom. The third kappa shape index (κ3) is 30.2. The molecule has 2 atom stereocenters. The Balaban J connectivity index is 2.12. The maximum atomic E-state index is 12.8. The molecule has 0 aliphatic heterocycles. The van der Waals surface area contributed by atoms with Gasteiger partial charge in [-0.2, -0.15) is 0 Å². The van der Waals surface area contributed by atoms with Gasteiger partial charge in [-0.3, -0.25) is 9.59 Å². The average Bonchev–Trinajstić information content (AvgIpc) is 3.00. The monoisotopic (exact) mass is 891 g/mol. The van der Waals surface area contributed by atoms with Crippen LogP contribution in [-0.2, 0) is 26.0 Å². The molecular weight excluding hydrogens is 797 g/mol. The molecule has 0 bridgehead atoms. The minimum absolute atomic E-state index is 0.0757. The van der Waals surface area contributed by atoms with E-state index in [0.717, 1.165) is 51.4 Å². The molecule has 2 amide bonds. The van der Waals surface area contributed by atoms with Gasteiger partial charge in [0.15, 0.2) is 33.3 Å². The maximum absolute atomic E-state index is 12.8. The third-order valence-corrected chi connectivity index (χ3v) is 30.8. The van der Waals surface area contributed by atoms with Crippen molar-refractivity contribution >= 4 is 62.2 Å². The number of nitrogens with one attached hydrogen (secondary N) is 2. The predicted molar refractivity (Wildman–Crippen MR) is 256 cm³/mol. The van der Waals surface area contributed by atoms with E-state index in [-0.39, 0.29) is 23.9 Å². The summed E-state index contributed by atoms with van der Waals surface area (Å²) < 4.78 is 26.1. The normalized spacial score (nSPS) is 17.6. The Kier molecular flexibility index (Phi) is 25.5. The molecule has 0 aromatic rings. The first-order valence-corrected chi connectivity index (χ1v) is 41.9. The number of rotatable bonds is 32. The van der Waals surface area contributed by atoms with Crippen molar-refractivity contribution in [3.8, 4) is 0 Å². The van der Waals surface area contributed by atoms with E-state index < -0.39 is 50.4 Å². The van der Waals surface area contributed by atoms with Crippen molar-refractivity contribution in [2.24, 2.45) is 0 Å². The van der Waals surface area contributed by atoms with Gasteiger partial charge in [0.2, 0.25) is 11.8 Å². The summed E-state index contributed by atoms with van der Waals surface area (Å²) in [7, 11) is -10.6. The Labute approximate surface area is 354 Å². The molecule has 2 unspecified atom stereocenters. The van der Waals surface area contributed by atoms with Crippen LogP contribution in [0.3, 0.4) is 0 Å². The van der Waals surface area contributed by atoms with Gasteiger partial charge in [0.05, 0.1) is 0 Å². The average molecular weight is 892 g/mol. The summed E-state index contributed by atoms with van der Waals surface area (Å²) in [4.78, 5) is 25.7. The largest absolute Gasteiger partial charge is 0.437 e. The van der Waals surface area contributed by atoms with Crippen molar-refractivity contribution in [1.29, 1.82) is 0 Å². The van der Waals surface area contributed by atoms with Gasteiger partial charge >= 0.3 is 17.1 Å². The Hall–Kier alpha value is 0.0813. The summed E-state index contributed by atoms with van der Waals surface area (Å²) in [5, 5.41) is 6.59. The second-order valence-electron chi connectivity index (χ2n) is 21.2. The van der Waals surface area contributed by atoms with Crippen molar-refractivity contribution in [1.82, 2.24) is 10.6 Å². The molecule has 0 spiro atoms. The van der Waals surface area contributed by atoms with Crippen LogP contribution in [0.25, 0.3) is 0 Å². The van der Waals surface area contributed by atoms with E-state index in [1.807, 2.05) is 0 Å². The van der Waals surface area contributed by atoms with Crippen LogP contribution in [0, 0.1) is 0 Å². The van der Waals surface area contributed by atoms with Crippen LogP contribution >= 0.6 is 0 Å². The molecule has 0 aromatic heterocycles. The van der Waals surface area contributed by atoms with Gasteiger partial charge in [-0.05, 0) is 129 Å².